The first-order valence-electron chi connectivity index (χ1n) is 8.15. The zero-order valence-corrected chi connectivity index (χ0v) is 14.3. The van der Waals surface area contributed by atoms with Gasteiger partial charge in [0.1, 0.15) is 0 Å². The topological polar surface area (TPSA) is 61.4 Å². The standard InChI is InChI=1S/C18H21N3O2S/c22-17(20-18(23)19-10-9-15-7-4-12-24-15)13-21-11-3-6-14-5-1-2-8-16(14)21/h1-2,4-5,7-8,12H,3,6,9-11,13H2,(H2,19,20,22,23). The molecule has 0 spiro atoms. The molecule has 0 unspecified atom stereocenters. The smallest absolute Gasteiger partial charge is 0.321 e. The monoisotopic (exact) mass is 343 g/mol. The van der Waals surface area contributed by atoms with Gasteiger partial charge in [-0.25, -0.2) is 4.79 Å². The first-order valence-corrected chi connectivity index (χ1v) is 9.03. The Bertz CT molecular complexity index is 700. The molecule has 0 fully saturated rings. The maximum Gasteiger partial charge on any atom is 0.321 e. The fourth-order valence-corrected chi connectivity index (χ4v) is 3.62. The molecule has 1 aliphatic heterocycles. The first-order chi connectivity index (χ1) is 11.7. The van der Waals surface area contributed by atoms with E-state index in [1.165, 1.54) is 10.4 Å². The van der Waals surface area contributed by atoms with Crippen molar-refractivity contribution in [2.24, 2.45) is 0 Å². The van der Waals surface area contributed by atoms with Crippen LogP contribution in [0.2, 0.25) is 0 Å². The number of urea groups is 1. The normalized spacial score (nSPS) is 13.2. The molecule has 2 aromatic rings. The summed E-state index contributed by atoms with van der Waals surface area (Å²) in [5, 5.41) is 7.15. The van der Waals surface area contributed by atoms with E-state index in [1.54, 1.807) is 11.3 Å². The second-order valence-corrected chi connectivity index (χ2v) is 6.82. The van der Waals surface area contributed by atoms with E-state index in [1.807, 2.05) is 40.6 Å². The first kappa shape index (κ1) is 16.5. The SMILES string of the molecule is O=C(CN1CCCc2ccccc21)NC(=O)NCCc1cccs1. The Morgan fingerprint density at radius 2 is 2.04 bits per heavy atom. The number of thiophene rings is 1. The molecule has 0 saturated heterocycles. The number of aryl methyl sites for hydroxylation is 1. The average Bonchev–Trinajstić information content (AvgIpc) is 3.08. The summed E-state index contributed by atoms with van der Waals surface area (Å²) in [7, 11) is 0. The van der Waals surface area contributed by atoms with Gasteiger partial charge in [-0.3, -0.25) is 10.1 Å². The van der Waals surface area contributed by atoms with Crippen LogP contribution in [0.4, 0.5) is 10.5 Å². The van der Waals surface area contributed by atoms with E-state index in [0.29, 0.717) is 6.54 Å². The number of nitrogens with one attached hydrogen (secondary N) is 2. The maximum absolute atomic E-state index is 12.1. The third kappa shape index (κ3) is 4.35. The third-order valence-electron chi connectivity index (χ3n) is 4.03. The fourth-order valence-electron chi connectivity index (χ4n) is 2.91. The molecule has 2 N–H and O–H groups in total. The maximum atomic E-state index is 12.1. The lowest BCUT2D eigenvalue weighted by atomic mass is 10.0. The van der Waals surface area contributed by atoms with Gasteiger partial charge in [-0.1, -0.05) is 24.3 Å². The molecule has 3 rings (SSSR count). The van der Waals surface area contributed by atoms with Crippen LogP contribution in [0.3, 0.4) is 0 Å². The van der Waals surface area contributed by atoms with E-state index in [2.05, 4.69) is 16.7 Å². The summed E-state index contributed by atoms with van der Waals surface area (Å²) in [5.41, 5.74) is 2.36. The molecule has 0 radical (unpaired) electrons. The number of carbonyl (C=O) groups is 2. The molecule has 3 amide bonds. The van der Waals surface area contributed by atoms with Gasteiger partial charge in [-0.15, -0.1) is 11.3 Å². The van der Waals surface area contributed by atoms with Gasteiger partial charge in [0.05, 0.1) is 6.54 Å². The van der Waals surface area contributed by atoms with E-state index >= 15 is 0 Å². The van der Waals surface area contributed by atoms with E-state index in [0.717, 1.165) is 31.5 Å². The van der Waals surface area contributed by atoms with Crippen molar-refractivity contribution >= 4 is 29.0 Å². The number of carbonyl (C=O) groups excluding carboxylic acids is 2. The lowest BCUT2D eigenvalue weighted by Crippen LogP contribution is -2.46. The molecule has 0 aliphatic carbocycles. The van der Waals surface area contributed by atoms with Crippen LogP contribution < -0.4 is 15.5 Å². The molecule has 5 nitrogen and oxygen atoms in total. The zero-order chi connectivity index (χ0) is 16.8. The van der Waals surface area contributed by atoms with Gasteiger partial charge in [0.2, 0.25) is 5.91 Å². The number of para-hydroxylation sites is 1. The predicted octanol–water partition coefficient (Wildman–Crippen LogP) is 2.57. The number of anilines is 1. The van der Waals surface area contributed by atoms with Crippen LogP contribution in [0.1, 0.15) is 16.9 Å². The van der Waals surface area contributed by atoms with Crippen LogP contribution in [-0.2, 0) is 17.6 Å². The number of imide groups is 1. The van der Waals surface area contributed by atoms with E-state index < -0.39 is 6.03 Å². The van der Waals surface area contributed by atoms with Crippen molar-refractivity contribution < 1.29 is 9.59 Å². The van der Waals surface area contributed by atoms with Crippen LogP contribution in [0, 0.1) is 0 Å². The Kier molecular flexibility index (Phi) is 5.48. The second kappa shape index (κ2) is 7.97. The number of nitrogens with zero attached hydrogens (tertiary/aromatic N) is 1. The van der Waals surface area contributed by atoms with Gasteiger partial charge in [-0.2, -0.15) is 0 Å². The minimum Gasteiger partial charge on any atom is -0.362 e. The number of fused-ring (bicyclic) bond motifs is 1. The quantitative estimate of drug-likeness (QED) is 0.877. The van der Waals surface area contributed by atoms with Crippen molar-refractivity contribution in [3.63, 3.8) is 0 Å². The molecule has 6 heteroatoms. The minimum atomic E-state index is -0.429. The molecule has 126 valence electrons. The Labute approximate surface area is 145 Å². The largest absolute Gasteiger partial charge is 0.362 e. The van der Waals surface area contributed by atoms with Crippen molar-refractivity contribution in [2.75, 3.05) is 24.5 Å². The summed E-state index contributed by atoms with van der Waals surface area (Å²) in [6.07, 6.45) is 2.84. The third-order valence-corrected chi connectivity index (χ3v) is 4.97. The Hall–Kier alpha value is -2.34. The van der Waals surface area contributed by atoms with Crippen molar-refractivity contribution in [3.05, 3.63) is 52.2 Å². The molecule has 1 aromatic carbocycles. The molecular weight excluding hydrogens is 322 g/mol. The summed E-state index contributed by atoms with van der Waals surface area (Å²) >= 11 is 1.66. The van der Waals surface area contributed by atoms with Gasteiger partial charge >= 0.3 is 6.03 Å². The highest BCUT2D eigenvalue weighted by Crippen LogP contribution is 2.26. The number of benzene rings is 1. The minimum absolute atomic E-state index is 0.204. The second-order valence-electron chi connectivity index (χ2n) is 5.79. The van der Waals surface area contributed by atoms with Crippen LogP contribution in [0.5, 0.6) is 0 Å². The van der Waals surface area contributed by atoms with Gasteiger partial charge in [-0.05, 0) is 42.3 Å². The van der Waals surface area contributed by atoms with Crippen LogP contribution >= 0.6 is 11.3 Å². The Morgan fingerprint density at radius 1 is 1.17 bits per heavy atom. The van der Waals surface area contributed by atoms with Crippen molar-refractivity contribution in [3.8, 4) is 0 Å². The van der Waals surface area contributed by atoms with Gasteiger partial charge in [0.15, 0.2) is 0 Å². The Morgan fingerprint density at radius 3 is 2.88 bits per heavy atom. The van der Waals surface area contributed by atoms with E-state index in [-0.39, 0.29) is 12.5 Å². The van der Waals surface area contributed by atoms with Gasteiger partial charge in [0.25, 0.3) is 0 Å². The van der Waals surface area contributed by atoms with E-state index in [9.17, 15) is 9.59 Å². The Balaban J connectivity index is 1.45. The molecule has 0 saturated carbocycles. The van der Waals surface area contributed by atoms with Gasteiger partial charge < -0.3 is 10.2 Å². The van der Waals surface area contributed by atoms with Crippen LogP contribution in [0.25, 0.3) is 0 Å². The summed E-state index contributed by atoms with van der Waals surface area (Å²) < 4.78 is 0. The highest BCUT2D eigenvalue weighted by Gasteiger charge is 2.19. The number of rotatable bonds is 5. The number of amides is 3. The van der Waals surface area contributed by atoms with Crippen molar-refractivity contribution in [2.45, 2.75) is 19.3 Å². The molecule has 24 heavy (non-hydrogen) atoms. The lowest BCUT2D eigenvalue weighted by molar-refractivity contribution is -0.118. The van der Waals surface area contributed by atoms with Crippen molar-refractivity contribution in [1.29, 1.82) is 0 Å². The summed E-state index contributed by atoms with van der Waals surface area (Å²) in [4.78, 5) is 27.2. The van der Waals surface area contributed by atoms with Crippen molar-refractivity contribution in [1.82, 2.24) is 10.6 Å². The number of hydrogen-bond donors (Lipinski definition) is 2. The van der Waals surface area contributed by atoms with Crippen LogP contribution in [0.15, 0.2) is 41.8 Å². The van der Waals surface area contributed by atoms with E-state index in [4.69, 9.17) is 0 Å². The summed E-state index contributed by atoms with van der Waals surface area (Å²) in [6, 6.07) is 11.7. The average molecular weight is 343 g/mol. The van der Waals surface area contributed by atoms with Crippen LogP contribution in [-0.4, -0.2) is 31.6 Å². The molecule has 0 bridgehead atoms. The lowest BCUT2D eigenvalue weighted by Gasteiger charge is -2.30. The molecule has 2 heterocycles. The summed E-state index contributed by atoms with van der Waals surface area (Å²) in [5.74, 6) is -0.277. The molecule has 0 atom stereocenters. The highest BCUT2D eigenvalue weighted by atomic mass is 32.1. The molecule has 1 aliphatic rings. The summed E-state index contributed by atoms with van der Waals surface area (Å²) in [6.45, 7) is 1.56. The molecular formula is C18H21N3O2S. The highest BCUT2D eigenvalue weighted by molar-refractivity contribution is 7.09. The zero-order valence-electron chi connectivity index (χ0n) is 13.5. The predicted molar refractivity (Wildman–Crippen MR) is 96.5 cm³/mol. The number of hydrogen-bond acceptors (Lipinski definition) is 4. The molecule has 1 aromatic heterocycles. The van der Waals surface area contributed by atoms with Gasteiger partial charge in [0, 0.05) is 23.7 Å². The fraction of sp³-hybridized carbons (Fsp3) is 0.333.